The molecule has 3 aromatic rings. The Morgan fingerprint density at radius 3 is 3.04 bits per heavy atom. The summed E-state index contributed by atoms with van der Waals surface area (Å²) < 4.78 is 10.2. The first-order valence-corrected chi connectivity index (χ1v) is 10.1. The summed E-state index contributed by atoms with van der Waals surface area (Å²) in [5.41, 5.74) is 1.68. The fourth-order valence-corrected chi connectivity index (χ4v) is 4.57. The lowest BCUT2D eigenvalue weighted by atomic mass is 10.2. The third-order valence-electron chi connectivity index (χ3n) is 4.24. The number of hydrogen-bond donors (Lipinski definition) is 1. The Morgan fingerprint density at radius 1 is 1.37 bits per heavy atom. The van der Waals surface area contributed by atoms with Crippen molar-refractivity contribution in [2.45, 2.75) is 19.5 Å². The van der Waals surface area contributed by atoms with Gasteiger partial charge in [-0.3, -0.25) is 15.0 Å². The van der Waals surface area contributed by atoms with Crippen LogP contribution < -0.4 is 5.32 Å². The quantitative estimate of drug-likeness (QED) is 0.658. The molecule has 7 nitrogen and oxygen atoms in total. The second kappa shape index (κ2) is 7.63. The van der Waals surface area contributed by atoms with Crippen molar-refractivity contribution in [3.63, 3.8) is 0 Å². The lowest BCUT2D eigenvalue weighted by Crippen LogP contribution is -2.29. The largest absolute Gasteiger partial charge is 0.463 e. The Labute approximate surface area is 163 Å². The number of methoxy groups -OCH3 is 1. The van der Waals surface area contributed by atoms with Crippen molar-refractivity contribution in [1.29, 1.82) is 0 Å². The molecule has 0 atom stereocenters. The highest BCUT2D eigenvalue weighted by molar-refractivity contribution is 7.16. The second-order valence-corrected chi connectivity index (χ2v) is 7.94. The first-order valence-electron chi connectivity index (χ1n) is 8.34. The van der Waals surface area contributed by atoms with Crippen molar-refractivity contribution >= 4 is 39.7 Å². The minimum Gasteiger partial charge on any atom is -0.463 e. The number of thiophene rings is 1. The van der Waals surface area contributed by atoms with Crippen LogP contribution in [0.3, 0.4) is 0 Å². The minimum absolute atomic E-state index is 0.134. The molecule has 9 heteroatoms. The van der Waals surface area contributed by atoms with E-state index in [9.17, 15) is 9.59 Å². The van der Waals surface area contributed by atoms with Crippen LogP contribution in [0.5, 0.6) is 0 Å². The number of aromatic nitrogens is 1. The van der Waals surface area contributed by atoms with Gasteiger partial charge in [0.2, 0.25) is 5.76 Å². The number of furan rings is 1. The molecule has 0 aromatic carbocycles. The van der Waals surface area contributed by atoms with Crippen molar-refractivity contribution in [1.82, 2.24) is 9.88 Å². The molecular weight excluding hydrogens is 386 g/mol. The fourth-order valence-electron chi connectivity index (χ4n) is 2.89. The Bertz CT molecular complexity index is 961. The molecule has 0 fully saturated rings. The van der Waals surface area contributed by atoms with Gasteiger partial charge in [-0.15, -0.1) is 11.3 Å². The van der Waals surface area contributed by atoms with Gasteiger partial charge in [-0.2, -0.15) is 11.3 Å². The first-order chi connectivity index (χ1) is 13.1. The topological polar surface area (TPSA) is 84.7 Å². The number of thiazole rings is 1. The van der Waals surface area contributed by atoms with Gasteiger partial charge in [0.25, 0.3) is 5.91 Å². The summed E-state index contributed by atoms with van der Waals surface area (Å²) in [4.78, 5) is 31.6. The maximum Gasteiger partial charge on any atom is 0.373 e. The highest BCUT2D eigenvalue weighted by Gasteiger charge is 2.23. The zero-order valence-electron chi connectivity index (χ0n) is 14.6. The minimum atomic E-state index is -0.476. The van der Waals surface area contributed by atoms with Crippen LogP contribution in [-0.4, -0.2) is 35.4 Å². The molecule has 1 aliphatic rings. The molecule has 4 heterocycles. The number of ether oxygens (including phenoxy) is 1. The van der Waals surface area contributed by atoms with Crippen LogP contribution in [0.25, 0.3) is 0 Å². The molecule has 1 N–H and O–H groups in total. The van der Waals surface area contributed by atoms with Crippen molar-refractivity contribution in [2.75, 3.05) is 19.0 Å². The molecule has 0 saturated heterocycles. The third-order valence-corrected chi connectivity index (χ3v) is 5.92. The molecule has 0 bridgehead atoms. The standard InChI is InChI=1S/C18H17N3O4S2/c1-24-17(23)14-3-2-12(25-14)8-21-6-4-13-15(9-21)27-18(19-13)20-16(22)11-5-7-26-10-11/h2-3,5,7,10H,4,6,8-9H2,1H3,(H,19,20,22). The fraction of sp³-hybridized carbons (Fsp3) is 0.278. The predicted octanol–water partition coefficient (Wildman–Crippen LogP) is 3.39. The van der Waals surface area contributed by atoms with E-state index in [1.807, 2.05) is 10.8 Å². The zero-order valence-corrected chi connectivity index (χ0v) is 16.2. The van der Waals surface area contributed by atoms with Crippen LogP contribution in [0.2, 0.25) is 0 Å². The highest BCUT2D eigenvalue weighted by atomic mass is 32.1. The molecular formula is C18H17N3O4S2. The normalized spacial score (nSPS) is 14.0. The molecule has 1 amide bonds. The van der Waals surface area contributed by atoms with E-state index in [2.05, 4.69) is 19.9 Å². The van der Waals surface area contributed by atoms with E-state index in [0.29, 0.717) is 23.0 Å². The van der Waals surface area contributed by atoms with Crippen LogP contribution in [0.4, 0.5) is 5.13 Å². The number of rotatable bonds is 5. The number of nitrogens with one attached hydrogen (secondary N) is 1. The van der Waals surface area contributed by atoms with Crippen molar-refractivity contribution in [3.05, 3.63) is 56.6 Å². The van der Waals surface area contributed by atoms with Crippen LogP contribution >= 0.6 is 22.7 Å². The number of carbonyl (C=O) groups is 2. The van der Waals surface area contributed by atoms with E-state index in [-0.39, 0.29) is 11.7 Å². The molecule has 0 unspecified atom stereocenters. The summed E-state index contributed by atoms with van der Waals surface area (Å²) in [6.45, 7) is 2.17. The second-order valence-electron chi connectivity index (χ2n) is 6.07. The maximum atomic E-state index is 12.2. The van der Waals surface area contributed by atoms with Crippen LogP contribution in [0.1, 0.15) is 37.2 Å². The molecule has 4 rings (SSSR count). The van der Waals surface area contributed by atoms with E-state index >= 15 is 0 Å². The average Bonchev–Trinajstić information content (AvgIpc) is 3.41. The van der Waals surface area contributed by atoms with Crippen molar-refractivity contribution in [3.8, 4) is 0 Å². The zero-order chi connectivity index (χ0) is 18.8. The summed E-state index contributed by atoms with van der Waals surface area (Å²) >= 11 is 2.99. The van der Waals surface area contributed by atoms with E-state index in [1.165, 1.54) is 29.8 Å². The highest BCUT2D eigenvalue weighted by Crippen LogP contribution is 2.29. The molecule has 3 aromatic heterocycles. The summed E-state index contributed by atoms with van der Waals surface area (Å²) in [6.07, 6.45) is 0.810. The van der Waals surface area contributed by atoms with Crippen molar-refractivity contribution < 1.29 is 18.7 Å². The van der Waals surface area contributed by atoms with Gasteiger partial charge in [0.1, 0.15) is 5.76 Å². The third kappa shape index (κ3) is 3.95. The summed E-state index contributed by atoms with van der Waals surface area (Å²) in [5.74, 6) is 0.316. The number of nitrogens with zero attached hydrogens (tertiary/aromatic N) is 2. The Hall–Kier alpha value is -2.49. The number of carbonyl (C=O) groups excluding carboxylic acids is 2. The number of fused-ring (bicyclic) bond motifs is 1. The van der Waals surface area contributed by atoms with Gasteiger partial charge < -0.3 is 9.15 Å². The summed E-state index contributed by atoms with van der Waals surface area (Å²) in [6, 6.07) is 5.21. The molecule has 0 spiro atoms. The van der Waals surface area contributed by atoms with Gasteiger partial charge in [-0.1, -0.05) is 0 Å². The number of anilines is 1. The van der Waals surface area contributed by atoms with Gasteiger partial charge in [0.15, 0.2) is 5.13 Å². The average molecular weight is 403 g/mol. The molecule has 140 valence electrons. The maximum absolute atomic E-state index is 12.2. The monoisotopic (exact) mass is 403 g/mol. The van der Waals surface area contributed by atoms with Crippen LogP contribution in [0.15, 0.2) is 33.4 Å². The van der Waals surface area contributed by atoms with Gasteiger partial charge in [-0.25, -0.2) is 9.78 Å². The smallest absolute Gasteiger partial charge is 0.373 e. The van der Waals surface area contributed by atoms with Gasteiger partial charge in [-0.05, 0) is 23.6 Å². The van der Waals surface area contributed by atoms with E-state index in [0.717, 1.165) is 30.1 Å². The molecule has 0 aliphatic carbocycles. The van der Waals surface area contributed by atoms with Gasteiger partial charge >= 0.3 is 5.97 Å². The SMILES string of the molecule is COC(=O)c1ccc(CN2CCc3nc(NC(=O)c4ccsc4)sc3C2)o1. The number of amides is 1. The molecule has 0 saturated carbocycles. The van der Waals surface area contributed by atoms with Gasteiger partial charge in [0, 0.05) is 29.8 Å². The molecule has 1 aliphatic heterocycles. The van der Waals surface area contributed by atoms with E-state index in [1.54, 1.807) is 18.2 Å². The Morgan fingerprint density at radius 2 is 2.26 bits per heavy atom. The van der Waals surface area contributed by atoms with Crippen LogP contribution in [0, 0.1) is 0 Å². The lowest BCUT2D eigenvalue weighted by Gasteiger charge is -2.24. The molecule has 27 heavy (non-hydrogen) atoms. The Kier molecular flexibility index (Phi) is 5.06. The summed E-state index contributed by atoms with van der Waals surface area (Å²) in [7, 11) is 1.33. The van der Waals surface area contributed by atoms with E-state index < -0.39 is 5.97 Å². The number of esters is 1. The predicted molar refractivity (Wildman–Crippen MR) is 102 cm³/mol. The first kappa shape index (κ1) is 17.9. The summed E-state index contributed by atoms with van der Waals surface area (Å²) in [5, 5.41) is 7.19. The Balaban J connectivity index is 1.40. The van der Waals surface area contributed by atoms with Crippen LogP contribution in [-0.2, 0) is 24.2 Å². The number of hydrogen-bond acceptors (Lipinski definition) is 8. The lowest BCUT2D eigenvalue weighted by molar-refractivity contribution is 0.0560. The van der Waals surface area contributed by atoms with Gasteiger partial charge in [0.05, 0.1) is 24.9 Å². The van der Waals surface area contributed by atoms with E-state index in [4.69, 9.17) is 4.42 Å². The van der Waals surface area contributed by atoms with Crippen molar-refractivity contribution in [2.24, 2.45) is 0 Å². The molecule has 0 radical (unpaired) electrons.